The van der Waals surface area contributed by atoms with Crippen LogP contribution >= 0.6 is 0 Å². The van der Waals surface area contributed by atoms with Gasteiger partial charge in [0.1, 0.15) is 11.5 Å². The number of nitrogens with one attached hydrogen (secondary N) is 1. The molecule has 0 fully saturated rings. The molecule has 0 aliphatic rings. The Morgan fingerprint density at radius 2 is 1.72 bits per heavy atom. The van der Waals surface area contributed by atoms with E-state index in [2.05, 4.69) is 10.1 Å². The van der Waals surface area contributed by atoms with E-state index in [4.69, 9.17) is 4.74 Å². The van der Waals surface area contributed by atoms with Gasteiger partial charge < -0.3 is 19.9 Å². The van der Waals surface area contributed by atoms with Gasteiger partial charge in [-0.15, -0.1) is 0 Å². The Morgan fingerprint density at radius 3 is 2.06 bits per heavy atom. The van der Waals surface area contributed by atoms with Gasteiger partial charge in [-0.3, -0.25) is 4.79 Å². The summed E-state index contributed by atoms with van der Waals surface area (Å²) in [6.07, 6.45) is -0.638. The predicted molar refractivity (Wildman–Crippen MR) is 66.0 cm³/mol. The molecule has 0 spiro atoms. The topological polar surface area (TPSA) is 84.9 Å². The first-order valence-electron chi connectivity index (χ1n) is 5.74. The van der Waals surface area contributed by atoms with Crippen molar-refractivity contribution in [2.75, 3.05) is 13.7 Å². The minimum absolute atomic E-state index is 0.0505. The second kappa shape index (κ2) is 6.04. The van der Waals surface area contributed by atoms with Crippen LogP contribution in [0.3, 0.4) is 0 Å². The maximum Gasteiger partial charge on any atom is 0.407 e. The zero-order chi connectivity index (χ0) is 14.6. The third kappa shape index (κ3) is 6.44. The van der Waals surface area contributed by atoms with E-state index >= 15 is 0 Å². The molecule has 0 aromatic rings. The SMILES string of the molecule is COC(=O)[C@@H](CNC(=O)OC(C)(C)C)C(C)(C)O. The van der Waals surface area contributed by atoms with Crippen LogP contribution in [0.25, 0.3) is 0 Å². The first-order valence-corrected chi connectivity index (χ1v) is 5.74. The lowest BCUT2D eigenvalue weighted by molar-refractivity contribution is -0.153. The number of alkyl carbamates (subject to hydrolysis) is 1. The van der Waals surface area contributed by atoms with E-state index in [9.17, 15) is 14.7 Å². The molecule has 0 aromatic carbocycles. The van der Waals surface area contributed by atoms with Crippen molar-refractivity contribution in [1.82, 2.24) is 5.32 Å². The summed E-state index contributed by atoms with van der Waals surface area (Å²) in [5.41, 5.74) is -1.90. The highest BCUT2D eigenvalue weighted by molar-refractivity contribution is 5.75. The molecule has 6 nitrogen and oxygen atoms in total. The maximum atomic E-state index is 11.5. The Hall–Kier alpha value is -1.30. The van der Waals surface area contributed by atoms with E-state index in [1.54, 1.807) is 20.8 Å². The number of ether oxygens (including phenoxy) is 2. The molecule has 0 bridgehead atoms. The fourth-order valence-electron chi connectivity index (χ4n) is 1.26. The Labute approximate surface area is 108 Å². The van der Waals surface area contributed by atoms with Crippen LogP contribution in [-0.2, 0) is 14.3 Å². The van der Waals surface area contributed by atoms with Gasteiger partial charge in [0.15, 0.2) is 0 Å². The van der Waals surface area contributed by atoms with E-state index in [1.807, 2.05) is 0 Å². The molecule has 0 saturated carbocycles. The first kappa shape index (κ1) is 16.7. The minimum Gasteiger partial charge on any atom is -0.469 e. The summed E-state index contributed by atoms with van der Waals surface area (Å²) in [5, 5.41) is 12.3. The maximum absolute atomic E-state index is 11.5. The van der Waals surface area contributed by atoms with Crippen molar-refractivity contribution in [3.05, 3.63) is 0 Å². The van der Waals surface area contributed by atoms with E-state index in [1.165, 1.54) is 21.0 Å². The number of hydrogen-bond donors (Lipinski definition) is 2. The lowest BCUT2D eigenvalue weighted by Crippen LogP contribution is -2.46. The van der Waals surface area contributed by atoms with Crippen LogP contribution in [0.1, 0.15) is 34.6 Å². The number of methoxy groups -OCH3 is 1. The van der Waals surface area contributed by atoms with Crippen LogP contribution in [-0.4, -0.2) is 42.0 Å². The smallest absolute Gasteiger partial charge is 0.407 e. The molecule has 0 heterocycles. The summed E-state index contributed by atoms with van der Waals surface area (Å²) in [5.74, 6) is -1.44. The number of rotatable bonds is 4. The van der Waals surface area contributed by atoms with Crippen molar-refractivity contribution in [1.29, 1.82) is 0 Å². The number of carbonyl (C=O) groups is 2. The van der Waals surface area contributed by atoms with Crippen LogP contribution in [0.15, 0.2) is 0 Å². The van der Waals surface area contributed by atoms with Gasteiger partial charge in [-0.2, -0.15) is 0 Å². The lowest BCUT2D eigenvalue weighted by Gasteiger charge is -2.27. The third-order valence-corrected chi connectivity index (χ3v) is 2.19. The summed E-state index contributed by atoms with van der Waals surface area (Å²) >= 11 is 0. The summed E-state index contributed by atoms with van der Waals surface area (Å²) in [4.78, 5) is 22.9. The molecule has 6 heteroatoms. The van der Waals surface area contributed by atoms with Gasteiger partial charge in [0.25, 0.3) is 0 Å². The zero-order valence-corrected chi connectivity index (χ0v) is 11.9. The van der Waals surface area contributed by atoms with Gasteiger partial charge in [0.2, 0.25) is 0 Å². The van der Waals surface area contributed by atoms with E-state index in [-0.39, 0.29) is 6.54 Å². The van der Waals surface area contributed by atoms with Crippen molar-refractivity contribution < 1.29 is 24.2 Å². The average Bonchev–Trinajstić information content (AvgIpc) is 2.12. The van der Waals surface area contributed by atoms with E-state index in [0.29, 0.717) is 0 Å². The minimum atomic E-state index is -1.29. The fourth-order valence-corrected chi connectivity index (χ4v) is 1.26. The second-order valence-electron chi connectivity index (χ2n) is 5.61. The van der Waals surface area contributed by atoms with E-state index < -0.39 is 29.2 Å². The lowest BCUT2D eigenvalue weighted by atomic mass is 9.91. The van der Waals surface area contributed by atoms with Crippen molar-refractivity contribution in [2.45, 2.75) is 45.8 Å². The standard InChI is InChI=1S/C12H23NO5/c1-11(2,3)18-10(15)13-7-8(9(14)17-6)12(4,5)16/h8,16H,7H2,1-6H3,(H,13,15)/t8-/m1/s1. The highest BCUT2D eigenvalue weighted by atomic mass is 16.6. The summed E-state index contributed by atoms with van der Waals surface area (Å²) in [6.45, 7) is 8.11. The highest BCUT2D eigenvalue weighted by Gasteiger charge is 2.34. The molecule has 0 saturated heterocycles. The van der Waals surface area contributed by atoms with Gasteiger partial charge in [-0.05, 0) is 34.6 Å². The van der Waals surface area contributed by atoms with Gasteiger partial charge in [-0.1, -0.05) is 0 Å². The molecular formula is C12H23NO5. The van der Waals surface area contributed by atoms with Crippen LogP contribution in [0.5, 0.6) is 0 Å². The van der Waals surface area contributed by atoms with Gasteiger partial charge in [0.05, 0.1) is 12.7 Å². The molecule has 0 aliphatic heterocycles. The Kier molecular flexibility index (Phi) is 5.60. The number of esters is 1. The molecule has 0 radical (unpaired) electrons. The molecule has 1 atom stereocenters. The zero-order valence-electron chi connectivity index (χ0n) is 11.9. The van der Waals surface area contributed by atoms with Gasteiger partial charge >= 0.3 is 12.1 Å². The Morgan fingerprint density at radius 1 is 1.22 bits per heavy atom. The van der Waals surface area contributed by atoms with Crippen molar-refractivity contribution in [3.63, 3.8) is 0 Å². The van der Waals surface area contributed by atoms with Crippen LogP contribution < -0.4 is 5.32 Å². The molecular weight excluding hydrogens is 238 g/mol. The molecule has 0 aliphatic carbocycles. The third-order valence-electron chi connectivity index (χ3n) is 2.19. The van der Waals surface area contributed by atoms with Crippen molar-refractivity contribution >= 4 is 12.1 Å². The molecule has 0 rings (SSSR count). The molecule has 0 aromatic heterocycles. The van der Waals surface area contributed by atoms with Crippen LogP contribution in [0, 0.1) is 5.92 Å². The highest BCUT2D eigenvalue weighted by Crippen LogP contribution is 2.17. The predicted octanol–water partition coefficient (Wildman–Crippen LogP) is 1.07. The summed E-state index contributed by atoms with van der Waals surface area (Å²) < 4.78 is 9.61. The summed E-state index contributed by atoms with van der Waals surface area (Å²) in [6, 6.07) is 0. The monoisotopic (exact) mass is 261 g/mol. The Balaban J connectivity index is 4.46. The molecule has 106 valence electrons. The molecule has 2 N–H and O–H groups in total. The van der Waals surface area contributed by atoms with Gasteiger partial charge in [0, 0.05) is 6.54 Å². The van der Waals surface area contributed by atoms with Gasteiger partial charge in [-0.25, -0.2) is 4.79 Å². The quantitative estimate of drug-likeness (QED) is 0.739. The van der Waals surface area contributed by atoms with Crippen LogP contribution in [0.2, 0.25) is 0 Å². The number of hydrogen-bond acceptors (Lipinski definition) is 5. The second-order valence-corrected chi connectivity index (χ2v) is 5.61. The largest absolute Gasteiger partial charge is 0.469 e. The molecule has 1 amide bonds. The normalized spacial score (nSPS) is 13.7. The number of aliphatic hydroxyl groups is 1. The van der Waals surface area contributed by atoms with Crippen molar-refractivity contribution in [2.24, 2.45) is 5.92 Å². The van der Waals surface area contributed by atoms with E-state index in [0.717, 1.165) is 0 Å². The fraction of sp³-hybridized carbons (Fsp3) is 0.833. The van der Waals surface area contributed by atoms with Crippen LogP contribution in [0.4, 0.5) is 4.79 Å². The number of amides is 1. The summed E-state index contributed by atoms with van der Waals surface area (Å²) in [7, 11) is 1.23. The Bertz CT molecular complexity index is 301. The molecule has 18 heavy (non-hydrogen) atoms. The first-order chi connectivity index (χ1) is 7.97. The average molecular weight is 261 g/mol. The van der Waals surface area contributed by atoms with Crippen molar-refractivity contribution in [3.8, 4) is 0 Å². The molecule has 0 unspecified atom stereocenters. The number of carbonyl (C=O) groups excluding carboxylic acids is 2.